The first-order chi connectivity index (χ1) is 17.5. The summed E-state index contributed by atoms with van der Waals surface area (Å²) in [6, 6.07) is 32.7. The zero-order valence-corrected chi connectivity index (χ0v) is 20.4. The third-order valence-electron chi connectivity index (χ3n) is 6.84. The summed E-state index contributed by atoms with van der Waals surface area (Å²) in [5.41, 5.74) is 1.30. The fourth-order valence-electron chi connectivity index (χ4n) is 5.29. The second kappa shape index (κ2) is 8.79. The normalized spacial score (nSPS) is 23.3. The minimum absolute atomic E-state index is 0.257. The Morgan fingerprint density at radius 3 is 1.94 bits per heavy atom. The van der Waals surface area contributed by atoms with Crippen LogP contribution < -0.4 is 9.96 Å². The van der Waals surface area contributed by atoms with Gasteiger partial charge >= 0.3 is 0 Å². The van der Waals surface area contributed by atoms with Crippen LogP contribution in [-0.4, -0.2) is 17.9 Å². The zero-order chi connectivity index (χ0) is 24.9. The van der Waals surface area contributed by atoms with Crippen LogP contribution in [0.1, 0.15) is 17.2 Å². The fourth-order valence-corrected chi connectivity index (χ4v) is 5.58. The minimum Gasteiger partial charge on any atom is -0.273 e. The van der Waals surface area contributed by atoms with Gasteiger partial charge in [-0.1, -0.05) is 102 Å². The Morgan fingerprint density at radius 2 is 1.31 bits per heavy atom. The highest BCUT2D eigenvalue weighted by molar-refractivity contribution is 6.42. The van der Waals surface area contributed by atoms with E-state index in [4.69, 9.17) is 28.0 Å². The van der Waals surface area contributed by atoms with Crippen LogP contribution in [-0.2, 0) is 19.8 Å². The number of hydrogen-bond donors (Lipinski definition) is 0. The molecule has 3 unspecified atom stereocenters. The van der Waals surface area contributed by atoms with Crippen LogP contribution in [0, 0.1) is 0 Å². The number of carbonyl (C=O) groups is 2. The molecule has 6 rings (SSSR count). The van der Waals surface area contributed by atoms with Crippen LogP contribution in [0.4, 0.5) is 11.4 Å². The van der Waals surface area contributed by atoms with Gasteiger partial charge in [-0.3, -0.25) is 14.4 Å². The lowest BCUT2D eigenvalue weighted by Gasteiger charge is -2.35. The number of hydroxylamine groups is 1. The number of carbonyl (C=O) groups excluding carboxylic acids is 2. The first-order valence-corrected chi connectivity index (χ1v) is 12.2. The van der Waals surface area contributed by atoms with Crippen molar-refractivity contribution >= 4 is 46.4 Å². The van der Waals surface area contributed by atoms with Crippen molar-refractivity contribution in [3.63, 3.8) is 0 Å². The van der Waals surface area contributed by atoms with Crippen LogP contribution in [0.25, 0.3) is 0 Å². The highest BCUT2D eigenvalue weighted by Crippen LogP contribution is 2.57. The summed E-state index contributed by atoms with van der Waals surface area (Å²) in [6.45, 7) is 0. The van der Waals surface area contributed by atoms with E-state index in [0.717, 1.165) is 11.3 Å². The molecule has 4 aromatic rings. The number of benzene rings is 4. The number of anilines is 2. The Balaban J connectivity index is 1.61. The summed E-state index contributed by atoms with van der Waals surface area (Å²) in [4.78, 5) is 36.2. The molecule has 178 valence electrons. The van der Waals surface area contributed by atoms with Crippen molar-refractivity contribution in [2.24, 2.45) is 0 Å². The second-order valence-electron chi connectivity index (χ2n) is 8.77. The number of amides is 2. The lowest BCUT2D eigenvalue weighted by molar-refractivity contribution is -0.126. The number of nitrogens with zero attached hydrogens (tertiary/aromatic N) is 2. The molecule has 2 saturated heterocycles. The van der Waals surface area contributed by atoms with E-state index in [9.17, 15) is 9.59 Å². The zero-order valence-electron chi connectivity index (χ0n) is 18.9. The molecule has 2 amide bonds. The van der Waals surface area contributed by atoms with Crippen molar-refractivity contribution in [1.82, 2.24) is 0 Å². The largest absolute Gasteiger partial charge is 0.273 e. The van der Waals surface area contributed by atoms with E-state index in [-0.39, 0.29) is 10.9 Å². The van der Waals surface area contributed by atoms with E-state index < -0.39 is 23.5 Å². The van der Waals surface area contributed by atoms with Crippen LogP contribution >= 0.6 is 23.2 Å². The fraction of sp³-hybridized carbons (Fsp3) is 0.103. The molecule has 0 saturated carbocycles. The number of imide groups is 1. The molecule has 36 heavy (non-hydrogen) atoms. The molecule has 0 bridgehead atoms. The van der Waals surface area contributed by atoms with Gasteiger partial charge in [-0.2, -0.15) is 0 Å². The predicted molar refractivity (Wildman–Crippen MR) is 140 cm³/mol. The molecule has 2 aliphatic heterocycles. The van der Waals surface area contributed by atoms with Gasteiger partial charge in [0.25, 0.3) is 5.91 Å². The van der Waals surface area contributed by atoms with Crippen molar-refractivity contribution < 1.29 is 14.4 Å². The molecule has 0 aliphatic carbocycles. The molecule has 0 spiro atoms. The third-order valence-corrected chi connectivity index (χ3v) is 7.58. The molecular formula is C29H20Cl2N2O3. The first kappa shape index (κ1) is 22.8. The molecule has 2 heterocycles. The van der Waals surface area contributed by atoms with E-state index in [1.54, 1.807) is 17.2 Å². The SMILES string of the molecule is O=C1C2ON(c3ccccc3)C(c3ccccc3)C2(c2ccccc2)C(=O)N1c1ccc(Cl)c(Cl)c1. The van der Waals surface area contributed by atoms with Crippen LogP contribution in [0.2, 0.25) is 10.0 Å². The van der Waals surface area contributed by atoms with Crippen molar-refractivity contribution in [1.29, 1.82) is 0 Å². The lowest BCUT2D eigenvalue weighted by atomic mass is 9.69. The van der Waals surface area contributed by atoms with E-state index in [0.29, 0.717) is 16.3 Å². The molecule has 0 radical (unpaired) electrons. The number of hydrogen-bond acceptors (Lipinski definition) is 4. The molecule has 0 aromatic heterocycles. The van der Waals surface area contributed by atoms with Crippen molar-refractivity contribution in [2.45, 2.75) is 17.6 Å². The maximum Gasteiger partial charge on any atom is 0.267 e. The van der Waals surface area contributed by atoms with Crippen LogP contribution in [0.15, 0.2) is 109 Å². The highest BCUT2D eigenvalue weighted by Gasteiger charge is 2.72. The highest BCUT2D eigenvalue weighted by atomic mass is 35.5. The van der Waals surface area contributed by atoms with Gasteiger partial charge in [-0.05, 0) is 41.5 Å². The maximum absolute atomic E-state index is 14.6. The molecule has 4 aromatic carbocycles. The van der Waals surface area contributed by atoms with Gasteiger partial charge < -0.3 is 0 Å². The average Bonchev–Trinajstić information content (AvgIpc) is 3.39. The van der Waals surface area contributed by atoms with Gasteiger partial charge in [0.1, 0.15) is 11.5 Å². The van der Waals surface area contributed by atoms with Crippen LogP contribution in [0.5, 0.6) is 0 Å². The molecule has 2 fully saturated rings. The van der Waals surface area contributed by atoms with Crippen molar-refractivity contribution in [3.05, 3.63) is 130 Å². The van der Waals surface area contributed by atoms with Gasteiger partial charge in [0.2, 0.25) is 5.91 Å². The number of rotatable bonds is 4. The van der Waals surface area contributed by atoms with Gasteiger partial charge in [0.05, 0.1) is 21.4 Å². The Morgan fingerprint density at radius 1 is 0.694 bits per heavy atom. The van der Waals surface area contributed by atoms with E-state index in [2.05, 4.69) is 0 Å². The Hall–Kier alpha value is -3.64. The molecule has 5 nitrogen and oxygen atoms in total. The Bertz CT molecular complexity index is 1450. The van der Waals surface area contributed by atoms with Crippen molar-refractivity contribution in [2.75, 3.05) is 9.96 Å². The topological polar surface area (TPSA) is 49.9 Å². The summed E-state index contributed by atoms with van der Waals surface area (Å²) >= 11 is 12.4. The number of halogens is 2. The standard InChI is InChI=1S/C29H20Cl2N2O3/c30-23-17-16-22(18-24(23)31)32-27(34)26-29(28(32)35,20-12-6-2-7-13-20)25(19-10-4-1-5-11-19)33(36-26)21-14-8-3-9-15-21/h1-18,25-26H. The van der Waals surface area contributed by atoms with Gasteiger partial charge in [0.15, 0.2) is 6.10 Å². The smallest absolute Gasteiger partial charge is 0.267 e. The van der Waals surface area contributed by atoms with Crippen molar-refractivity contribution in [3.8, 4) is 0 Å². The summed E-state index contributed by atoms with van der Waals surface area (Å²) in [7, 11) is 0. The second-order valence-corrected chi connectivity index (χ2v) is 9.59. The molecule has 3 atom stereocenters. The molecular weight excluding hydrogens is 495 g/mol. The quantitative estimate of drug-likeness (QED) is 0.297. The van der Waals surface area contributed by atoms with E-state index in [1.165, 1.54) is 11.0 Å². The summed E-state index contributed by atoms with van der Waals surface area (Å²) in [5.74, 6) is -0.837. The first-order valence-electron chi connectivity index (χ1n) is 11.5. The minimum atomic E-state index is -1.35. The number of para-hydroxylation sites is 1. The monoisotopic (exact) mass is 514 g/mol. The van der Waals surface area contributed by atoms with Gasteiger partial charge in [-0.15, -0.1) is 0 Å². The van der Waals surface area contributed by atoms with Crippen LogP contribution in [0.3, 0.4) is 0 Å². The summed E-state index contributed by atoms with van der Waals surface area (Å²) < 4.78 is 0. The van der Waals surface area contributed by atoms with E-state index >= 15 is 0 Å². The predicted octanol–water partition coefficient (Wildman–Crippen LogP) is 6.37. The Kier molecular flexibility index (Phi) is 5.56. The van der Waals surface area contributed by atoms with Gasteiger partial charge in [0, 0.05) is 0 Å². The Labute approximate surface area is 218 Å². The van der Waals surface area contributed by atoms with E-state index in [1.807, 2.05) is 91.0 Å². The summed E-state index contributed by atoms with van der Waals surface area (Å²) in [6.07, 6.45) is -1.09. The molecule has 2 aliphatic rings. The van der Waals surface area contributed by atoms with Gasteiger partial charge in [-0.25, -0.2) is 9.96 Å². The molecule has 7 heteroatoms. The maximum atomic E-state index is 14.6. The summed E-state index contributed by atoms with van der Waals surface area (Å²) in [5, 5.41) is 2.30. The number of fused-ring (bicyclic) bond motifs is 1. The lowest BCUT2D eigenvalue weighted by Crippen LogP contribution is -2.46. The molecule has 0 N–H and O–H groups in total. The average molecular weight is 515 g/mol. The third kappa shape index (κ3) is 3.28.